The molecule has 0 saturated heterocycles. The quantitative estimate of drug-likeness (QED) is 0.906. The molecule has 1 N–H and O–H groups in total. The zero-order valence-electron chi connectivity index (χ0n) is 8.24. The van der Waals surface area contributed by atoms with Crippen LogP contribution in [0.15, 0.2) is 41.0 Å². The molecule has 0 amide bonds. The third-order valence-electron chi connectivity index (χ3n) is 2.07. The molecule has 1 aromatic carbocycles. The summed E-state index contributed by atoms with van der Waals surface area (Å²) >= 11 is 3.44. The summed E-state index contributed by atoms with van der Waals surface area (Å²) in [4.78, 5) is 0. The summed E-state index contributed by atoms with van der Waals surface area (Å²) in [7, 11) is 1.83. The minimum Gasteiger partial charge on any atom is -0.372 e. The van der Waals surface area contributed by atoms with Gasteiger partial charge < -0.3 is 5.32 Å². The maximum absolute atomic E-state index is 3.93. The number of rotatable bonds is 2. The molecule has 1 heterocycles. The van der Waals surface area contributed by atoms with Crippen LogP contribution in [0, 0.1) is 0 Å². The zero-order chi connectivity index (χ0) is 10.7. The van der Waals surface area contributed by atoms with Gasteiger partial charge in [0.25, 0.3) is 0 Å². The summed E-state index contributed by atoms with van der Waals surface area (Å²) in [6.45, 7) is 0. The summed E-state index contributed by atoms with van der Waals surface area (Å²) in [6.07, 6.45) is 1.75. The molecule has 2 rings (SSSR count). The van der Waals surface area contributed by atoms with Crippen molar-refractivity contribution in [2.45, 2.75) is 0 Å². The molecule has 0 unspecified atom stereocenters. The van der Waals surface area contributed by atoms with Crippen LogP contribution in [0.4, 0.5) is 5.82 Å². The SMILES string of the molecule is CNc1cc(-c2cccc(Br)c2)cnn1. The zero-order valence-corrected chi connectivity index (χ0v) is 9.82. The lowest BCUT2D eigenvalue weighted by molar-refractivity contribution is 1.03. The van der Waals surface area contributed by atoms with Crippen LogP contribution in [-0.4, -0.2) is 17.2 Å². The lowest BCUT2D eigenvalue weighted by atomic mass is 10.1. The maximum atomic E-state index is 3.93. The minimum absolute atomic E-state index is 0.771. The first-order chi connectivity index (χ1) is 7.29. The first-order valence-electron chi connectivity index (χ1n) is 4.56. The molecule has 3 nitrogen and oxygen atoms in total. The van der Waals surface area contributed by atoms with Gasteiger partial charge in [-0.15, -0.1) is 5.10 Å². The van der Waals surface area contributed by atoms with E-state index in [9.17, 15) is 0 Å². The van der Waals surface area contributed by atoms with Crippen LogP contribution < -0.4 is 5.32 Å². The van der Waals surface area contributed by atoms with Crippen molar-refractivity contribution in [2.24, 2.45) is 0 Å². The molecular weight excluding hydrogens is 254 g/mol. The van der Waals surface area contributed by atoms with Gasteiger partial charge in [-0.3, -0.25) is 0 Å². The summed E-state index contributed by atoms with van der Waals surface area (Å²) in [6, 6.07) is 10.1. The van der Waals surface area contributed by atoms with Gasteiger partial charge in [-0.25, -0.2) is 0 Å². The van der Waals surface area contributed by atoms with Gasteiger partial charge in [0.15, 0.2) is 0 Å². The van der Waals surface area contributed by atoms with Crippen molar-refractivity contribution in [3.8, 4) is 11.1 Å². The molecule has 76 valence electrons. The lowest BCUT2D eigenvalue weighted by Crippen LogP contribution is -1.94. The second kappa shape index (κ2) is 4.40. The molecule has 1 aromatic heterocycles. The smallest absolute Gasteiger partial charge is 0.149 e. The van der Waals surface area contributed by atoms with Crippen LogP contribution in [0.5, 0.6) is 0 Å². The van der Waals surface area contributed by atoms with Gasteiger partial charge in [-0.2, -0.15) is 5.10 Å². The van der Waals surface area contributed by atoms with E-state index < -0.39 is 0 Å². The van der Waals surface area contributed by atoms with Gasteiger partial charge in [0.1, 0.15) is 5.82 Å². The van der Waals surface area contributed by atoms with Crippen LogP contribution in [0.2, 0.25) is 0 Å². The topological polar surface area (TPSA) is 37.8 Å². The van der Waals surface area contributed by atoms with Crippen molar-refractivity contribution >= 4 is 21.7 Å². The number of anilines is 1. The predicted molar refractivity (Wildman–Crippen MR) is 64.7 cm³/mol. The number of halogens is 1. The highest BCUT2D eigenvalue weighted by Crippen LogP contribution is 2.23. The van der Waals surface area contributed by atoms with Gasteiger partial charge in [0.2, 0.25) is 0 Å². The highest BCUT2D eigenvalue weighted by molar-refractivity contribution is 9.10. The average Bonchev–Trinajstić information content (AvgIpc) is 2.29. The molecule has 0 radical (unpaired) electrons. The standard InChI is InChI=1S/C11H10BrN3/c1-13-11-6-9(7-14-15-11)8-3-2-4-10(12)5-8/h2-7H,1H3,(H,13,15). The summed E-state index contributed by atoms with van der Waals surface area (Å²) in [5.41, 5.74) is 2.17. The normalized spacial score (nSPS) is 10.0. The molecular formula is C11H10BrN3. The fraction of sp³-hybridized carbons (Fsp3) is 0.0909. The van der Waals surface area contributed by atoms with E-state index in [1.807, 2.05) is 31.3 Å². The van der Waals surface area contributed by atoms with Crippen molar-refractivity contribution < 1.29 is 0 Å². The van der Waals surface area contributed by atoms with E-state index >= 15 is 0 Å². The van der Waals surface area contributed by atoms with Crippen molar-refractivity contribution in [2.75, 3.05) is 12.4 Å². The number of nitrogens with one attached hydrogen (secondary N) is 1. The van der Waals surface area contributed by atoms with E-state index in [2.05, 4.69) is 37.5 Å². The van der Waals surface area contributed by atoms with Crippen molar-refractivity contribution in [1.82, 2.24) is 10.2 Å². The number of benzene rings is 1. The Labute approximate surface area is 96.7 Å². The Balaban J connectivity index is 2.44. The number of aromatic nitrogens is 2. The van der Waals surface area contributed by atoms with E-state index in [0.717, 1.165) is 21.4 Å². The fourth-order valence-corrected chi connectivity index (χ4v) is 1.71. The summed E-state index contributed by atoms with van der Waals surface area (Å²) in [5.74, 6) is 0.771. The monoisotopic (exact) mass is 263 g/mol. The average molecular weight is 264 g/mol. The maximum Gasteiger partial charge on any atom is 0.149 e. The molecule has 0 aliphatic rings. The van der Waals surface area contributed by atoms with Crippen molar-refractivity contribution in [3.63, 3.8) is 0 Å². The molecule has 0 saturated carbocycles. The highest BCUT2D eigenvalue weighted by Gasteiger charge is 2.00. The third kappa shape index (κ3) is 2.33. The second-order valence-electron chi connectivity index (χ2n) is 3.09. The molecule has 0 spiro atoms. The van der Waals surface area contributed by atoms with Crippen LogP contribution >= 0.6 is 15.9 Å². The molecule has 0 bridgehead atoms. The van der Waals surface area contributed by atoms with Crippen molar-refractivity contribution in [3.05, 3.63) is 41.0 Å². The number of nitrogens with zero attached hydrogens (tertiary/aromatic N) is 2. The van der Waals surface area contributed by atoms with Gasteiger partial charge in [-0.1, -0.05) is 28.1 Å². The molecule has 0 fully saturated rings. The van der Waals surface area contributed by atoms with E-state index in [1.165, 1.54) is 0 Å². The first-order valence-corrected chi connectivity index (χ1v) is 5.35. The van der Waals surface area contributed by atoms with Gasteiger partial charge in [0.05, 0.1) is 6.20 Å². The Morgan fingerprint density at radius 2 is 2.07 bits per heavy atom. The van der Waals surface area contributed by atoms with E-state index in [1.54, 1.807) is 6.20 Å². The largest absolute Gasteiger partial charge is 0.372 e. The molecule has 4 heteroatoms. The molecule has 0 atom stereocenters. The van der Waals surface area contributed by atoms with E-state index in [0.29, 0.717) is 0 Å². The predicted octanol–water partition coefficient (Wildman–Crippen LogP) is 2.95. The highest BCUT2D eigenvalue weighted by atomic mass is 79.9. The lowest BCUT2D eigenvalue weighted by Gasteiger charge is -2.03. The van der Waals surface area contributed by atoms with Gasteiger partial charge in [0, 0.05) is 17.1 Å². The molecule has 2 aromatic rings. The third-order valence-corrected chi connectivity index (χ3v) is 2.56. The van der Waals surface area contributed by atoms with Crippen LogP contribution in [0.1, 0.15) is 0 Å². The number of hydrogen-bond donors (Lipinski definition) is 1. The summed E-state index contributed by atoms with van der Waals surface area (Å²) < 4.78 is 1.06. The van der Waals surface area contributed by atoms with E-state index in [4.69, 9.17) is 0 Å². The minimum atomic E-state index is 0.771. The Morgan fingerprint density at radius 1 is 1.20 bits per heavy atom. The Morgan fingerprint density at radius 3 is 2.80 bits per heavy atom. The Kier molecular flexibility index (Phi) is 2.97. The van der Waals surface area contributed by atoms with Crippen LogP contribution in [-0.2, 0) is 0 Å². The molecule has 0 aliphatic heterocycles. The Hall–Kier alpha value is -1.42. The van der Waals surface area contributed by atoms with Crippen molar-refractivity contribution in [1.29, 1.82) is 0 Å². The van der Waals surface area contributed by atoms with E-state index in [-0.39, 0.29) is 0 Å². The molecule has 15 heavy (non-hydrogen) atoms. The molecule has 0 aliphatic carbocycles. The summed E-state index contributed by atoms with van der Waals surface area (Å²) in [5, 5.41) is 10.8. The second-order valence-corrected chi connectivity index (χ2v) is 4.01. The Bertz CT molecular complexity index is 471. The van der Waals surface area contributed by atoms with Gasteiger partial charge >= 0.3 is 0 Å². The van der Waals surface area contributed by atoms with Crippen LogP contribution in [0.3, 0.4) is 0 Å². The fourth-order valence-electron chi connectivity index (χ4n) is 1.31. The van der Waals surface area contributed by atoms with Gasteiger partial charge in [-0.05, 0) is 23.8 Å². The number of hydrogen-bond acceptors (Lipinski definition) is 3. The van der Waals surface area contributed by atoms with Crippen LogP contribution in [0.25, 0.3) is 11.1 Å². The first kappa shape index (κ1) is 10.1.